The van der Waals surface area contributed by atoms with Crippen molar-refractivity contribution in [1.29, 1.82) is 0 Å². The second kappa shape index (κ2) is 18.5. The molecule has 53 heavy (non-hydrogen) atoms. The van der Waals surface area contributed by atoms with E-state index in [0.717, 1.165) is 0 Å². The van der Waals surface area contributed by atoms with Crippen LogP contribution < -0.4 is 0 Å². The maximum atomic E-state index is 14.2. The zero-order chi connectivity index (χ0) is 40.4. The average molecular weight is 765 g/mol. The number of ether oxygens (including phenoxy) is 6. The number of rotatable bonds is 8. The number of carbonyl (C=O) groups is 1. The maximum absolute atomic E-state index is 14.2. The Morgan fingerprint density at radius 1 is 0.962 bits per heavy atom. The van der Waals surface area contributed by atoms with Gasteiger partial charge in [-0.3, -0.25) is 4.79 Å². The topological polar surface area (TPSA) is 200 Å². The molecule has 0 aromatic carbocycles. The van der Waals surface area contributed by atoms with Gasteiger partial charge in [-0.2, -0.15) is 0 Å². The fraction of sp³-hybridized carbons (Fsp3) is 0.974. The minimum atomic E-state index is -2.20. The number of nitrogens with zero attached hydrogens (tertiary/aromatic N) is 2. The quantitative estimate of drug-likeness (QED) is 0.190. The zero-order valence-corrected chi connectivity index (χ0v) is 34.3. The first kappa shape index (κ1) is 46.3. The van der Waals surface area contributed by atoms with E-state index < -0.39 is 103 Å². The van der Waals surface area contributed by atoms with Crippen molar-refractivity contribution in [3.05, 3.63) is 0 Å². The van der Waals surface area contributed by atoms with Crippen molar-refractivity contribution in [2.75, 3.05) is 41.4 Å². The van der Waals surface area contributed by atoms with Crippen LogP contribution in [0.15, 0.2) is 0 Å². The fourth-order valence-electron chi connectivity index (χ4n) is 8.78. The summed E-state index contributed by atoms with van der Waals surface area (Å²) in [5.41, 5.74) is -4.85. The molecule has 3 aliphatic rings. The number of likely N-dealkylation sites (N-methyl/N-ethyl adjacent to an activating group) is 2. The monoisotopic (exact) mass is 765 g/mol. The largest absolute Gasteiger partial charge is 0.459 e. The first-order valence-corrected chi connectivity index (χ1v) is 19.3. The summed E-state index contributed by atoms with van der Waals surface area (Å²) >= 11 is 0. The molecule has 18 atom stereocenters. The molecular weight excluding hydrogens is 692 g/mol. The molecule has 3 aliphatic heterocycles. The second-order valence-corrected chi connectivity index (χ2v) is 17.1. The Bertz CT molecular complexity index is 1170. The van der Waals surface area contributed by atoms with Crippen LogP contribution in [-0.4, -0.2) is 178 Å². The van der Waals surface area contributed by atoms with E-state index in [0.29, 0.717) is 13.0 Å². The van der Waals surface area contributed by atoms with Crippen molar-refractivity contribution < 1.29 is 63.9 Å². The lowest BCUT2D eigenvalue weighted by molar-refractivity contribution is -0.318. The Labute approximate surface area is 316 Å². The number of aliphatic hydroxyl groups excluding tert-OH is 4. The molecule has 15 heteroatoms. The number of hydrogen-bond acceptors (Lipinski definition) is 15. The molecule has 0 spiro atoms. The van der Waals surface area contributed by atoms with E-state index in [2.05, 4.69) is 0 Å². The Morgan fingerprint density at radius 2 is 1.58 bits per heavy atom. The number of esters is 1. The van der Waals surface area contributed by atoms with Gasteiger partial charge in [-0.05, 0) is 87.9 Å². The van der Waals surface area contributed by atoms with E-state index in [-0.39, 0.29) is 37.3 Å². The van der Waals surface area contributed by atoms with Gasteiger partial charge in [0.1, 0.15) is 24.4 Å². The fourth-order valence-corrected chi connectivity index (χ4v) is 8.78. The van der Waals surface area contributed by atoms with Gasteiger partial charge in [0.15, 0.2) is 18.2 Å². The molecule has 6 N–H and O–H groups in total. The van der Waals surface area contributed by atoms with Crippen molar-refractivity contribution in [2.24, 2.45) is 17.8 Å². The highest BCUT2D eigenvalue weighted by molar-refractivity contribution is 5.73. The Kier molecular flexibility index (Phi) is 16.2. The molecular formula is C38H72N2O13. The van der Waals surface area contributed by atoms with Crippen LogP contribution in [0.4, 0.5) is 0 Å². The summed E-state index contributed by atoms with van der Waals surface area (Å²) in [4.78, 5) is 18.0. The number of cyclic esters (lactones) is 1. The lowest BCUT2D eigenvalue weighted by Gasteiger charge is -2.48. The number of hydrogen-bond donors (Lipinski definition) is 6. The first-order chi connectivity index (χ1) is 24.5. The molecule has 0 amide bonds. The van der Waals surface area contributed by atoms with Gasteiger partial charge in [0.2, 0.25) is 0 Å². The van der Waals surface area contributed by atoms with Crippen molar-refractivity contribution >= 4 is 5.97 Å². The van der Waals surface area contributed by atoms with E-state index in [4.69, 9.17) is 28.4 Å². The predicted molar refractivity (Wildman–Crippen MR) is 196 cm³/mol. The molecule has 3 fully saturated rings. The lowest BCUT2D eigenvalue weighted by atomic mass is 9.77. The molecule has 15 nitrogen and oxygen atoms in total. The molecule has 312 valence electrons. The number of aliphatic hydroxyl groups is 6. The summed E-state index contributed by atoms with van der Waals surface area (Å²) in [6.45, 7) is 15.2. The Hall–Kier alpha value is -1.05. The van der Waals surface area contributed by atoms with Crippen LogP contribution in [0.5, 0.6) is 0 Å². The van der Waals surface area contributed by atoms with Gasteiger partial charge in [-0.1, -0.05) is 20.8 Å². The minimum Gasteiger partial charge on any atom is -0.459 e. The standard InChI is InChI=1S/C38H72N2O13/c1-14-27-38(47,19-41)31(43)24(6)40(12)18-20(2)16-36(8,46)33(53-35-29(42)26(39(10)11)15-21(3)49-35)22(4)30(23(5)34(45)51-27)52-28-17-37(9,48-13)32(44)25(7)50-28/h20-33,35,41-44,46-47H,14-19H2,1-13H3/t20-,21-,22+,23-,24-,25+,26+,27-,28+,29-,30+,31-,32+,33-,35+,36-,37-,38-/m1/s1. The van der Waals surface area contributed by atoms with Crippen LogP contribution in [0.3, 0.4) is 0 Å². The molecule has 0 aromatic rings. The SMILES string of the molecule is CC[C@H]1OC(=O)[C@H](C)[C@@H](O[C@H]2C[C@@](C)(OC)[C@@H](O)[C@H](C)O2)[C@H](C)[C@@H](O[C@@H]2O[C@H](C)C[C@H](N(C)C)[C@H]2O)[C@](C)(O)C[C@@H](C)CN(C)[C@H](C)[C@@H](O)[C@@]1(O)CO. The van der Waals surface area contributed by atoms with Crippen molar-refractivity contribution in [3.8, 4) is 0 Å². The van der Waals surface area contributed by atoms with E-state index in [1.165, 1.54) is 7.11 Å². The normalized spacial score (nSPS) is 48.9. The molecule has 3 saturated heterocycles. The van der Waals surface area contributed by atoms with Gasteiger partial charge in [0.05, 0.1) is 48.1 Å². The van der Waals surface area contributed by atoms with Gasteiger partial charge in [-0.25, -0.2) is 0 Å². The Morgan fingerprint density at radius 3 is 2.13 bits per heavy atom. The van der Waals surface area contributed by atoms with Crippen LogP contribution in [0.2, 0.25) is 0 Å². The highest BCUT2D eigenvalue weighted by Crippen LogP contribution is 2.40. The van der Waals surface area contributed by atoms with Crippen LogP contribution >= 0.6 is 0 Å². The summed E-state index contributed by atoms with van der Waals surface area (Å²) in [7, 11) is 7.01. The molecule has 0 unspecified atom stereocenters. The van der Waals surface area contributed by atoms with Crippen LogP contribution in [0, 0.1) is 17.8 Å². The Balaban J connectivity index is 2.19. The molecule has 3 heterocycles. The smallest absolute Gasteiger partial charge is 0.311 e. The summed E-state index contributed by atoms with van der Waals surface area (Å²) in [5.74, 6) is -2.88. The van der Waals surface area contributed by atoms with Crippen LogP contribution in [0.25, 0.3) is 0 Å². The summed E-state index contributed by atoms with van der Waals surface area (Å²) in [6.07, 6.45) is -9.18. The third-order valence-corrected chi connectivity index (χ3v) is 12.3. The highest BCUT2D eigenvalue weighted by Gasteiger charge is 2.53. The predicted octanol–water partition coefficient (Wildman–Crippen LogP) is 0.873. The van der Waals surface area contributed by atoms with Crippen molar-refractivity contribution in [1.82, 2.24) is 9.80 Å². The molecule has 0 bridgehead atoms. The summed E-state index contributed by atoms with van der Waals surface area (Å²) < 4.78 is 37.4. The third-order valence-electron chi connectivity index (χ3n) is 12.3. The third kappa shape index (κ3) is 10.3. The van der Waals surface area contributed by atoms with Gasteiger partial charge < -0.3 is 68.9 Å². The van der Waals surface area contributed by atoms with Crippen LogP contribution in [0.1, 0.15) is 88.0 Å². The molecule has 0 aromatic heterocycles. The summed E-state index contributed by atoms with van der Waals surface area (Å²) in [6, 6.07) is -0.984. The highest BCUT2D eigenvalue weighted by atomic mass is 16.7. The van der Waals surface area contributed by atoms with Crippen molar-refractivity contribution in [2.45, 2.75) is 178 Å². The molecule has 3 rings (SSSR count). The van der Waals surface area contributed by atoms with Gasteiger partial charge >= 0.3 is 5.97 Å². The second-order valence-electron chi connectivity index (χ2n) is 17.1. The van der Waals surface area contributed by atoms with Gasteiger partial charge in [0, 0.05) is 38.1 Å². The van der Waals surface area contributed by atoms with Gasteiger partial charge in [-0.15, -0.1) is 0 Å². The molecule has 0 saturated carbocycles. The lowest BCUT2D eigenvalue weighted by Crippen LogP contribution is -2.62. The van der Waals surface area contributed by atoms with E-state index in [1.54, 1.807) is 55.5 Å². The summed E-state index contributed by atoms with van der Waals surface area (Å²) in [5, 5.41) is 68.7. The first-order valence-electron chi connectivity index (χ1n) is 19.3. The minimum absolute atomic E-state index is 0.0798. The van der Waals surface area contributed by atoms with E-state index in [1.807, 2.05) is 37.7 Å². The number of methoxy groups -OCH3 is 1. The van der Waals surface area contributed by atoms with Crippen LogP contribution in [-0.2, 0) is 33.2 Å². The average Bonchev–Trinajstić information content (AvgIpc) is 3.09. The van der Waals surface area contributed by atoms with E-state index >= 15 is 0 Å². The molecule has 0 aliphatic carbocycles. The zero-order valence-electron chi connectivity index (χ0n) is 34.3. The molecule has 0 radical (unpaired) electrons. The maximum Gasteiger partial charge on any atom is 0.311 e. The number of carbonyl (C=O) groups excluding carboxylic acids is 1. The van der Waals surface area contributed by atoms with Crippen molar-refractivity contribution in [3.63, 3.8) is 0 Å². The van der Waals surface area contributed by atoms with E-state index in [9.17, 15) is 35.4 Å². The van der Waals surface area contributed by atoms with Gasteiger partial charge in [0.25, 0.3) is 0 Å².